The van der Waals surface area contributed by atoms with Gasteiger partial charge in [-0.1, -0.05) is 42.8 Å². The highest BCUT2D eigenvalue weighted by atomic mass is 16.2. The summed E-state index contributed by atoms with van der Waals surface area (Å²) in [5, 5.41) is 7.92. The Morgan fingerprint density at radius 3 is 2.65 bits per heavy atom. The summed E-state index contributed by atoms with van der Waals surface area (Å²) in [6.07, 6.45) is 5.03. The van der Waals surface area contributed by atoms with Crippen molar-refractivity contribution in [3.05, 3.63) is 48.0 Å². The highest BCUT2D eigenvalue weighted by Gasteiger charge is 2.50. The number of hydrogen-bond acceptors (Lipinski definition) is 3. The minimum Gasteiger partial charge on any atom is -0.352 e. The van der Waals surface area contributed by atoms with Gasteiger partial charge in [-0.05, 0) is 73.3 Å². The first kappa shape index (κ1) is 20.0. The summed E-state index contributed by atoms with van der Waals surface area (Å²) in [6.45, 7) is 3.50. The first-order valence-electron chi connectivity index (χ1n) is 11.3. The van der Waals surface area contributed by atoms with Crippen molar-refractivity contribution in [1.82, 2.24) is 15.5 Å². The number of imide groups is 1. The number of carbonyl (C=O) groups is 3. The Morgan fingerprint density at radius 1 is 1.16 bits per heavy atom. The Kier molecular flexibility index (Phi) is 4.76. The van der Waals surface area contributed by atoms with E-state index in [1.807, 2.05) is 49.4 Å². The van der Waals surface area contributed by atoms with Gasteiger partial charge in [0.2, 0.25) is 5.91 Å². The maximum atomic E-state index is 13.2. The third-order valence-electron chi connectivity index (χ3n) is 7.73. The fraction of sp³-hybridized carbons (Fsp3) is 0.480. The predicted molar refractivity (Wildman–Crippen MR) is 118 cm³/mol. The molecule has 3 aliphatic rings. The van der Waals surface area contributed by atoms with Crippen LogP contribution in [0.5, 0.6) is 0 Å². The SMILES string of the molecule is C[C@@H](NC(=O)CN1C(=O)N[C@@](C)(c2ccc3ccccc3c2)C1=O)[C@@H]1C[C@@H]2CC[C@@H]1C2. The number of hydrogen-bond donors (Lipinski definition) is 2. The first-order chi connectivity index (χ1) is 14.8. The van der Waals surface area contributed by atoms with Crippen LogP contribution in [0, 0.1) is 17.8 Å². The lowest BCUT2D eigenvalue weighted by atomic mass is 9.84. The summed E-state index contributed by atoms with van der Waals surface area (Å²) in [4.78, 5) is 39.6. The molecular weight excluding hydrogens is 390 g/mol. The lowest BCUT2D eigenvalue weighted by molar-refractivity contribution is -0.135. The lowest BCUT2D eigenvalue weighted by Crippen LogP contribution is -2.47. The lowest BCUT2D eigenvalue weighted by Gasteiger charge is -2.29. The Labute approximate surface area is 182 Å². The van der Waals surface area contributed by atoms with E-state index >= 15 is 0 Å². The molecule has 4 amide bonds. The monoisotopic (exact) mass is 419 g/mol. The quantitative estimate of drug-likeness (QED) is 0.728. The van der Waals surface area contributed by atoms with Crippen molar-refractivity contribution in [2.24, 2.45) is 17.8 Å². The standard InChI is InChI=1S/C25H29N3O3/c1-15(21-12-16-7-8-19(21)11-16)26-22(29)14-28-23(30)25(2,27-24(28)31)20-10-9-17-5-3-4-6-18(17)13-20/h3-6,9-10,13,15-16,19,21H,7-8,11-12,14H2,1-2H3,(H,26,29)(H,27,31)/t15-,16-,19-,21+,25+/m1/s1. The average Bonchev–Trinajstić information content (AvgIpc) is 3.45. The van der Waals surface area contributed by atoms with Gasteiger partial charge in [-0.2, -0.15) is 0 Å². The van der Waals surface area contributed by atoms with E-state index in [4.69, 9.17) is 0 Å². The molecule has 2 aliphatic carbocycles. The van der Waals surface area contributed by atoms with Gasteiger partial charge in [0, 0.05) is 6.04 Å². The fourth-order valence-corrected chi connectivity index (χ4v) is 5.99. The largest absolute Gasteiger partial charge is 0.352 e. The van der Waals surface area contributed by atoms with Crippen LogP contribution in [0.15, 0.2) is 42.5 Å². The summed E-state index contributed by atoms with van der Waals surface area (Å²) in [6, 6.07) is 13.2. The Balaban J connectivity index is 1.28. The topological polar surface area (TPSA) is 78.5 Å². The van der Waals surface area contributed by atoms with Crippen molar-refractivity contribution in [2.45, 2.75) is 51.1 Å². The molecular formula is C25H29N3O3. The number of carbonyl (C=O) groups excluding carboxylic acids is 3. The summed E-state index contributed by atoms with van der Waals surface area (Å²) in [5.41, 5.74) is -0.472. The summed E-state index contributed by atoms with van der Waals surface area (Å²) >= 11 is 0. The van der Waals surface area contributed by atoms with Crippen molar-refractivity contribution in [1.29, 1.82) is 0 Å². The van der Waals surface area contributed by atoms with Crippen LogP contribution >= 0.6 is 0 Å². The second kappa shape index (κ2) is 7.36. The molecule has 0 unspecified atom stereocenters. The van der Waals surface area contributed by atoms with Gasteiger partial charge in [-0.25, -0.2) is 4.79 Å². The second-order valence-corrected chi connectivity index (χ2v) is 9.70. The van der Waals surface area contributed by atoms with Crippen molar-refractivity contribution < 1.29 is 14.4 Å². The molecule has 6 nitrogen and oxygen atoms in total. The molecule has 1 saturated heterocycles. The van der Waals surface area contributed by atoms with Gasteiger partial charge >= 0.3 is 6.03 Å². The number of urea groups is 1. The predicted octanol–water partition coefficient (Wildman–Crippen LogP) is 3.55. The molecule has 2 bridgehead atoms. The van der Waals surface area contributed by atoms with Gasteiger partial charge < -0.3 is 10.6 Å². The van der Waals surface area contributed by atoms with Crippen molar-refractivity contribution in [2.75, 3.05) is 6.54 Å². The molecule has 1 aliphatic heterocycles. The molecule has 1 heterocycles. The Hall–Kier alpha value is -2.89. The van der Waals surface area contributed by atoms with Crippen LogP contribution in [-0.4, -0.2) is 35.3 Å². The number of rotatable bonds is 5. The van der Waals surface area contributed by atoms with E-state index < -0.39 is 17.5 Å². The highest BCUT2D eigenvalue weighted by molar-refractivity contribution is 6.09. The maximum absolute atomic E-state index is 13.2. The Morgan fingerprint density at radius 2 is 1.94 bits per heavy atom. The summed E-state index contributed by atoms with van der Waals surface area (Å²) < 4.78 is 0. The van der Waals surface area contributed by atoms with Crippen LogP contribution in [0.4, 0.5) is 4.79 Å². The molecule has 31 heavy (non-hydrogen) atoms. The second-order valence-electron chi connectivity index (χ2n) is 9.70. The zero-order valence-electron chi connectivity index (χ0n) is 18.1. The third kappa shape index (κ3) is 3.38. The van der Waals surface area contributed by atoms with Gasteiger partial charge in [0.25, 0.3) is 5.91 Å². The van der Waals surface area contributed by atoms with E-state index in [1.165, 1.54) is 25.7 Å². The first-order valence-corrected chi connectivity index (χ1v) is 11.3. The van der Waals surface area contributed by atoms with Crippen molar-refractivity contribution in [3.8, 4) is 0 Å². The number of nitrogens with one attached hydrogen (secondary N) is 2. The van der Waals surface area contributed by atoms with Gasteiger partial charge in [0.15, 0.2) is 0 Å². The van der Waals surface area contributed by atoms with E-state index in [0.717, 1.165) is 21.6 Å². The zero-order chi connectivity index (χ0) is 21.8. The molecule has 3 fully saturated rings. The van der Waals surface area contributed by atoms with Crippen LogP contribution in [0.2, 0.25) is 0 Å². The van der Waals surface area contributed by atoms with E-state index in [1.54, 1.807) is 6.92 Å². The van der Waals surface area contributed by atoms with E-state index in [-0.39, 0.29) is 18.5 Å². The van der Waals surface area contributed by atoms with E-state index in [2.05, 4.69) is 10.6 Å². The number of nitrogens with zero attached hydrogens (tertiary/aromatic N) is 1. The van der Waals surface area contributed by atoms with Crippen LogP contribution in [0.1, 0.15) is 45.1 Å². The zero-order valence-corrected chi connectivity index (χ0v) is 18.1. The van der Waals surface area contributed by atoms with Crippen LogP contribution < -0.4 is 10.6 Å². The smallest absolute Gasteiger partial charge is 0.325 e. The minimum absolute atomic E-state index is 0.0652. The van der Waals surface area contributed by atoms with Crippen molar-refractivity contribution >= 4 is 28.6 Å². The van der Waals surface area contributed by atoms with Gasteiger partial charge in [-0.3, -0.25) is 14.5 Å². The van der Waals surface area contributed by atoms with Crippen LogP contribution in [-0.2, 0) is 15.1 Å². The molecule has 6 heteroatoms. The molecule has 2 aromatic carbocycles. The maximum Gasteiger partial charge on any atom is 0.325 e. The molecule has 5 atom stereocenters. The van der Waals surface area contributed by atoms with E-state index in [0.29, 0.717) is 17.4 Å². The fourth-order valence-electron chi connectivity index (χ4n) is 5.99. The summed E-state index contributed by atoms with van der Waals surface area (Å²) in [7, 11) is 0. The van der Waals surface area contributed by atoms with Crippen molar-refractivity contribution in [3.63, 3.8) is 0 Å². The molecule has 162 valence electrons. The number of amides is 4. The Bertz CT molecular complexity index is 1070. The molecule has 0 radical (unpaired) electrons. The van der Waals surface area contributed by atoms with Gasteiger partial charge in [0.05, 0.1) is 0 Å². The highest BCUT2D eigenvalue weighted by Crippen LogP contribution is 2.49. The molecule has 2 N–H and O–H groups in total. The van der Waals surface area contributed by atoms with Crippen LogP contribution in [0.3, 0.4) is 0 Å². The minimum atomic E-state index is -1.18. The molecule has 0 aromatic heterocycles. The molecule has 2 aromatic rings. The normalized spacial score (nSPS) is 30.6. The molecule has 0 spiro atoms. The summed E-state index contributed by atoms with van der Waals surface area (Å²) in [5.74, 6) is 1.35. The average molecular weight is 420 g/mol. The number of fused-ring (bicyclic) bond motifs is 3. The van der Waals surface area contributed by atoms with Gasteiger partial charge in [-0.15, -0.1) is 0 Å². The van der Waals surface area contributed by atoms with E-state index in [9.17, 15) is 14.4 Å². The van der Waals surface area contributed by atoms with Crippen LogP contribution in [0.25, 0.3) is 10.8 Å². The third-order valence-corrected chi connectivity index (χ3v) is 7.73. The van der Waals surface area contributed by atoms with Gasteiger partial charge in [0.1, 0.15) is 12.1 Å². The molecule has 2 saturated carbocycles. The number of benzene rings is 2. The molecule has 5 rings (SSSR count).